The molecule has 0 unspecified atom stereocenters. The van der Waals surface area contributed by atoms with Crippen molar-refractivity contribution in [3.05, 3.63) is 36.8 Å². The van der Waals surface area contributed by atoms with Crippen LogP contribution in [-0.4, -0.2) is 53.6 Å². The summed E-state index contributed by atoms with van der Waals surface area (Å²) in [4.78, 5) is 28.9. The quantitative estimate of drug-likeness (QED) is 0.824. The molecule has 126 valence electrons. The Morgan fingerprint density at radius 1 is 1.08 bits per heavy atom. The van der Waals surface area contributed by atoms with Gasteiger partial charge in [-0.2, -0.15) is 0 Å². The van der Waals surface area contributed by atoms with Crippen LogP contribution in [-0.2, 0) is 4.79 Å². The number of nitrogens with zero attached hydrogens (tertiary/aromatic N) is 5. The molecule has 1 aliphatic heterocycles. The molecule has 24 heavy (non-hydrogen) atoms. The zero-order chi connectivity index (χ0) is 16.8. The van der Waals surface area contributed by atoms with Crippen molar-refractivity contribution >= 4 is 23.4 Å². The predicted octanol–water partition coefficient (Wildman–Crippen LogP) is 0.485. The Morgan fingerprint density at radius 2 is 1.79 bits per heavy atom. The fourth-order valence-electron chi connectivity index (χ4n) is 2.59. The van der Waals surface area contributed by atoms with Crippen LogP contribution >= 0.6 is 0 Å². The molecule has 8 nitrogen and oxygen atoms in total. The number of pyridine rings is 1. The van der Waals surface area contributed by atoms with Crippen LogP contribution < -0.4 is 20.9 Å². The normalized spacial score (nSPS) is 14.5. The fraction of sp³-hybridized carbons (Fsp3) is 0.375. The zero-order valence-corrected chi connectivity index (χ0v) is 13.4. The van der Waals surface area contributed by atoms with Crippen molar-refractivity contribution < 1.29 is 4.79 Å². The van der Waals surface area contributed by atoms with Crippen LogP contribution in [0.1, 0.15) is 6.42 Å². The molecular formula is C16H21N7O. The number of piperazine rings is 1. The molecule has 0 atom stereocenters. The van der Waals surface area contributed by atoms with Crippen molar-refractivity contribution in [1.29, 1.82) is 0 Å². The Hall–Kier alpha value is -2.74. The summed E-state index contributed by atoms with van der Waals surface area (Å²) in [5.41, 5.74) is 6.05. The third kappa shape index (κ3) is 3.96. The molecule has 1 aliphatic rings. The second kappa shape index (κ2) is 7.69. The average Bonchev–Trinajstić information content (AvgIpc) is 2.63. The SMILES string of the molecule is NCCC(=O)Nc1ccc(N2CCN(c3ncccn3)CC2)nc1. The maximum atomic E-state index is 11.5. The first-order chi connectivity index (χ1) is 11.8. The van der Waals surface area contributed by atoms with E-state index in [0.717, 1.165) is 37.9 Å². The Labute approximate surface area is 140 Å². The number of rotatable bonds is 5. The van der Waals surface area contributed by atoms with E-state index in [2.05, 4.69) is 30.1 Å². The molecule has 3 N–H and O–H groups in total. The number of anilines is 3. The summed E-state index contributed by atoms with van der Waals surface area (Å²) >= 11 is 0. The van der Waals surface area contributed by atoms with Crippen molar-refractivity contribution in [3.8, 4) is 0 Å². The maximum absolute atomic E-state index is 11.5. The minimum Gasteiger partial charge on any atom is -0.353 e. The molecule has 1 amide bonds. The molecule has 3 rings (SSSR count). The van der Waals surface area contributed by atoms with Gasteiger partial charge in [0.05, 0.1) is 11.9 Å². The van der Waals surface area contributed by atoms with Crippen molar-refractivity contribution in [2.45, 2.75) is 6.42 Å². The van der Waals surface area contributed by atoms with Gasteiger partial charge in [-0.15, -0.1) is 0 Å². The van der Waals surface area contributed by atoms with Gasteiger partial charge in [-0.25, -0.2) is 15.0 Å². The van der Waals surface area contributed by atoms with Crippen molar-refractivity contribution in [2.75, 3.05) is 47.8 Å². The van der Waals surface area contributed by atoms with Crippen LogP contribution in [0, 0.1) is 0 Å². The van der Waals surface area contributed by atoms with Crippen LogP contribution in [0.25, 0.3) is 0 Å². The largest absolute Gasteiger partial charge is 0.353 e. The monoisotopic (exact) mass is 327 g/mol. The smallest absolute Gasteiger partial charge is 0.225 e. The number of carbonyl (C=O) groups excluding carboxylic acids is 1. The van der Waals surface area contributed by atoms with Gasteiger partial charge in [-0.1, -0.05) is 0 Å². The molecule has 0 spiro atoms. The van der Waals surface area contributed by atoms with E-state index in [1.54, 1.807) is 18.6 Å². The summed E-state index contributed by atoms with van der Waals surface area (Å²) in [5, 5.41) is 2.78. The van der Waals surface area contributed by atoms with E-state index >= 15 is 0 Å². The average molecular weight is 327 g/mol. The van der Waals surface area contributed by atoms with E-state index in [1.165, 1.54) is 0 Å². The fourth-order valence-corrected chi connectivity index (χ4v) is 2.59. The van der Waals surface area contributed by atoms with Crippen LogP contribution in [0.2, 0.25) is 0 Å². The van der Waals surface area contributed by atoms with Gasteiger partial charge < -0.3 is 20.9 Å². The lowest BCUT2D eigenvalue weighted by atomic mass is 10.3. The number of carbonyl (C=O) groups is 1. The van der Waals surface area contributed by atoms with Crippen LogP contribution in [0.3, 0.4) is 0 Å². The summed E-state index contributed by atoms with van der Waals surface area (Å²) in [6, 6.07) is 5.60. The minimum absolute atomic E-state index is 0.0940. The number of aromatic nitrogens is 3. The third-order valence-electron chi connectivity index (χ3n) is 3.84. The summed E-state index contributed by atoms with van der Waals surface area (Å²) in [7, 11) is 0. The lowest BCUT2D eigenvalue weighted by Gasteiger charge is -2.35. The minimum atomic E-state index is -0.0940. The molecule has 0 aliphatic carbocycles. The predicted molar refractivity (Wildman–Crippen MR) is 93.0 cm³/mol. The Morgan fingerprint density at radius 3 is 2.42 bits per heavy atom. The van der Waals surface area contributed by atoms with E-state index in [4.69, 9.17) is 5.73 Å². The highest BCUT2D eigenvalue weighted by atomic mass is 16.1. The molecule has 8 heteroatoms. The van der Waals surface area contributed by atoms with Gasteiger partial charge in [-0.05, 0) is 18.2 Å². The van der Waals surface area contributed by atoms with Crippen molar-refractivity contribution in [3.63, 3.8) is 0 Å². The van der Waals surface area contributed by atoms with Gasteiger partial charge in [0.25, 0.3) is 0 Å². The standard InChI is InChI=1S/C16H21N7O/c17-5-4-15(24)21-13-2-3-14(20-12-13)22-8-10-23(11-9-22)16-18-6-1-7-19-16/h1-3,6-7,12H,4-5,8-11,17H2,(H,21,24). The Balaban J connectivity index is 1.55. The zero-order valence-electron chi connectivity index (χ0n) is 13.4. The van der Waals surface area contributed by atoms with E-state index < -0.39 is 0 Å². The third-order valence-corrected chi connectivity index (χ3v) is 3.84. The van der Waals surface area contributed by atoms with Crippen LogP contribution in [0.5, 0.6) is 0 Å². The molecular weight excluding hydrogens is 306 g/mol. The second-order valence-electron chi connectivity index (χ2n) is 5.51. The molecule has 2 aromatic rings. The molecule has 0 radical (unpaired) electrons. The summed E-state index contributed by atoms with van der Waals surface area (Å²) in [6.07, 6.45) is 5.50. The van der Waals surface area contributed by atoms with E-state index in [9.17, 15) is 4.79 Å². The Kier molecular flexibility index (Phi) is 5.17. The highest BCUT2D eigenvalue weighted by molar-refractivity contribution is 5.90. The molecule has 3 heterocycles. The van der Waals surface area contributed by atoms with Gasteiger partial charge in [0.15, 0.2) is 0 Å². The van der Waals surface area contributed by atoms with Crippen LogP contribution in [0.4, 0.5) is 17.5 Å². The Bertz CT molecular complexity index is 654. The first-order valence-corrected chi connectivity index (χ1v) is 7.99. The lowest BCUT2D eigenvalue weighted by molar-refractivity contribution is -0.116. The highest BCUT2D eigenvalue weighted by Gasteiger charge is 2.19. The molecule has 0 aromatic carbocycles. The maximum Gasteiger partial charge on any atom is 0.225 e. The molecule has 1 saturated heterocycles. The van der Waals surface area contributed by atoms with E-state index in [1.807, 2.05) is 18.2 Å². The number of hydrogen-bond donors (Lipinski definition) is 2. The summed E-state index contributed by atoms with van der Waals surface area (Å²) in [6.45, 7) is 3.74. The summed E-state index contributed by atoms with van der Waals surface area (Å²) < 4.78 is 0. The first-order valence-electron chi connectivity index (χ1n) is 7.99. The highest BCUT2D eigenvalue weighted by Crippen LogP contribution is 2.17. The number of hydrogen-bond acceptors (Lipinski definition) is 7. The second-order valence-corrected chi connectivity index (χ2v) is 5.51. The number of nitrogens with two attached hydrogens (primary N) is 1. The molecule has 0 saturated carbocycles. The summed E-state index contributed by atoms with van der Waals surface area (Å²) in [5.74, 6) is 1.58. The first kappa shape index (κ1) is 16.1. The molecule has 2 aromatic heterocycles. The topological polar surface area (TPSA) is 100 Å². The van der Waals surface area contributed by atoms with E-state index in [-0.39, 0.29) is 5.91 Å². The number of amides is 1. The van der Waals surface area contributed by atoms with Gasteiger partial charge in [-0.3, -0.25) is 4.79 Å². The number of nitrogens with one attached hydrogen (secondary N) is 1. The molecule has 0 bridgehead atoms. The van der Waals surface area contributed by atoms with Crippen molar-refractivity contribution in [2.24, 2.45) is 5.73 Å². The molecule has 1 fully saturated rings. The van der Waals surface area contributed by atoms with Gasteiger partial charge >= 0.3 is 0 Å². The van der Waals surface area contributed by atoms with Gasteiger partial charge in [0, 0.05) is 51.5 Å². The van der Waals surface area contributed by atoms with Gasteiger partial charge in [0.1, 0.15) is 5.82 Å². The van der Waals surface area contributed by atoms with Crippen molar-refractivity contribution in [1.82, 2.24) is 15.0 Å². The van der Waals surface area contributed by atoms with E-state index in [0.29, 0.717) is 18.7 Å². The van der Waals surface area contributed by atoms with Crippen LogP contribution in [0.15, 0.2) is 36.8 Å². The lowest BCUT2D eigenvalue weighted by Crippen LogP contribution is -2.47. The van der Waals surface area contributed by atoms with Gasteiger partial charge in [0.2, 0.25) is 11.9 Å².